The third-order valence-corrected chi connectivity index (χ3v) is 6.75. The molecule has 1 amide bonds. The Labute approximate surface area is 191 Å². The molecule has 0 radical (unpaired) electrons. The van der Waals surface area contributed by atoms with E-state index in [0.717, 1.165) is 69.0 Å². The number of rotatable bonds is 8. The fourth-order valence-corrected chi connectivity index (χ4v) is 4.90. The Kier molecular flexibility index (Phi) is 7.20. The van der Waals surface area contributed by atoms with Crippen LogP contribution >= 0.6 is 0 Å². The van der Waals surface area contributed by atoms with Gasteiger partial charge in [0.05, 0.1) is 27.8 Å². The van der Waals surface area contributed by atoms with Gasteiger partial charge in [-0.1, -0.05) is 12.1 Å². The van der Waals surface area contributed by atoms with Crippen LogP contribution in [0.4, 0.5) is 0 Å². The van der Waals surface area contributed by atoms with E-state index in [1.54, 1.807) is 21.3 Å². The van der Waals surface area contributed by atoms with E-state index in [0.29, 0.717) is 18.1 Å². The number of nitrogens with zero attached hydrogens (tertiary/aromatic N) is 2. The lowest BCUT2D eigenvalue weighted by atomic mass is 10.0. The number of likely N-dealkylation sites (tertiary alicyclic amines) is 1. The van der Waals surface area contributed by atoms with Crippen LogP contribution < -0.4 is 14.2 Å². The number of ether oxygens (including phenoxy) is 3. The van der Waals surface area contributed by atoms with Gasteiger partial charge in [-0.25, -0.2) is 0 Å². The molecule has 0 saturated carbocycles. The molecule has 0 aliphatic carbocycles. The van der Waals surface area contributed by atoms with Gasteiger partial charge in [0.2, 0.25) is 5.91 Å². The molecular weight excluding hydrogens is 404 g/mol. The van der Waals surface area contributed by atoms with Crippen molar-refractivity contribution in [3.63, 3.8) is 0 Å². The van der Waals surface area contributed by atoms with Gasteiger partial charge in [-0.2, -0.15) is 0 Å². The van der Waals surface area contributed by atoms with Crippen molar-refractivity contribution >= 4 is 5.91 Å². The lowest BCUT2D eigenvalue weighted by Crippen LogP contribution is -2.37. The van der Waals surface area contributed by atoms with Crippen molar-refractivity contribution in [3.05, 3.63) is 53.1 Å². The second kappa shape index (κ2) is 10.3. The van der Waals surface area contributed by atoms with Crippen LogP contribution in [0.2, 0.25) is 0 Å². The standard InChI is InChI=1S/C26H34N2O4/c1-30-23-6-4-5-19(13-23)7-10-27-11-8-20(17-27)18-28-12-9-21-14-24(31-2)25(32-3)15-22(21)16-26(28)29/h4-6,13-15,20H,7-12,16-18H2,1-3H3. The van der Waals surface area contributed by atoms with Gasteiger partial charge < -0.3 is 24.0 Å². The van der Waals surface area contributed by atoms with Crippen LogP contribution in [-0.2, 0) is 24.1 Å². The van der Waals surface area contributed by atoms with Crippen LogP contribution in [0.5, 0.6) is 17.2 Å². The van der Waals surface area contributed by atoms with Gasteiger partial charge in [-0.15, -0.1) is 0 Å². The highest BCUT2D eigenvalue weighted by molar-refractivity contribution is 5.80. The summed E-state index contributed by atoms with van der Waals surface area (Å²) in [5, 5.41) is 0. The monoisotopic (exact) mass is 438 g/mol. The highest BCUT2D eigenvalue weighted by atomic mass is 16.5. The van der Waals surface area contributed by atoms with E-state index in [1.807, 2.05) is 18.2 Å². The minimum absolute atomic E-state index is 0.214. The predicted octanol–water partition coefficient (Wildman–Crippen LogP) is 3.20. The van der Waals surface area contributed by atoms with Crippen LogP contribution in [0.1, 0.15) is 23.1 Å². The largest absolute Gasteiger partial charge is 0.497 e. The van der Waals surface area contributed by atoms with Gasteiger partial charge in [0.25, 0.3) is 0 Å². The number of methoxy groups -OCH3 is 3. The van der Waals surface area contributed by atoms with Gasteiger partial charge in [0.15, 0.2) is 11.5 Å². The zero-order valence-electron chi connectivity index (χ0n) is 19.4. The smallest absolute Gasteiger partial charge is 0.227 e. The lowest BCUT2D eigenvalue weighted by molar-refractivity contribution is -0.130. The third kappa shape index (κ3) is 5.18. The van der Waals surface area contributed by atoms with Crippen molar-refractivity contribution < 1.29 is 19.0 Å². The second-order valence-electron chi connectivity index (χ2n) is 8.80. The van der Waals surface area contributed by atoms with Crippen molar-refractivity contribution in [1.29, 1.82) is 0 Å². The average Bonchev–Trinajstić information content (AvgIpc) is 3.21. The molecule has 0 bridgehead atoms. The van der Waals surface area contributed by atoms with E-state index in [-0.39, 0.29) is 5.91 Å². The Bertz CT molecular complexity index is 945. The van der Waals surface area contributed by atoms with Crippen LogP contribution in [-0.4, -0.2) is 69.8 Å². The molecule has 1 fully saturated rings. The molecule has 2 aromatic rings. The SMILES string of the molecule is COc1cccc(CCN2CCC(CN3CCc4cc(OC)c(OC)cc4CC3=O)C2)c1. The maximum absolute atomic E-state index is 13.0. The van der Waals surface area contributed by atoms with Crippen molar-refractivity contribution in [2.45, 2.75) is 25.7 Å². The number of hydrogen-bond acceptors (Lipinski definition) is 5. The van der Waals surface area contributed by atoms with E-state index >= 15 is 0 Å². The maximum atomic E-state index is 13.0. The molecule has 6 heteroatoms. The van der Waals surface area contributed by atoms with Crippen molar-refractivity contribution in [1.82, 2.24) is 9.80 Å². The third-order valence-electron chi connectivity index (χ3n) is 6.75. The first kappa shape index (κ1) is 22.5. The number of carbonyl (C=O) groups is 1. The molecule has 0 spiro atoms. The normalized spacial score (nSPS) is 18.9. The predicted molar refractivity (Wildman–Crippen MR) is 125 cm³/mol. The molecule has 2 aromatic carbocycles. The van der Waals surface area contributed by atoms with Crippen molar-refractivity contribution in [3.8, 4) is 17.2 Å². The first-order valence-electron chi connectivity index (χ1n) is 11.5. The van der Waals surface area contributed by atoms with Crippen molar-refractivity contribution in [2.75, 3.05) is 54.1 Å². The molecule has 0 N–H and O–H groups in total. The molecule has 2 heterocycles. The Morgan fingerprint density at radius 1 is 0.969 bits per heavy atom. The fourth-order valence-electron chi connectivity index (χ4n) is 4.90. The van der Waals surface area contributed by atoms with E-state index < -0.39 is 0 Å². The molecule has 4 rings (SSSR count). The highest BCUT2D eigenvalue weighted by Crippen LogP contribution is 2.32. The lowest BCUT2D eigenvalue weighted by Gasteiger charge is -2.24. The Balaban J connectivity index is 1.31. The van der Waals surface area contributed by atoms with Gasteiger partial charge in [0, 0.05) is 26.2 Å². The molecule has 172 valence electrons. The van der Waals surface area contributed by atoms with E-state index in [4.69, 9.17) is 14.2 Å². The average molecular weight is 439 g/mol. The minimum Gasteiger partial charge on any atom is -0.497 e. The minimum atomic E-state index is 0.214. The summed E-state index contributed by atoms with van der Waals surface area (Å²) in [6.07, 6.45) is 3.46. The number of carbonyl (C=O) groups excluding carboxylic acids is 1. The molecule has 0 aromatic heterocycles. The highest BCUT2D eigenvalue weighted by Gasteiger charge is 2.28. The maximum Gasteiger partial charge on any atom is 0.227 e. The summed E-state index contributed by atoms with van der Waals surface area (Å²) in [4.78, 5) is 17.6. The van der Waals surface area contributed by atoms with Gasteiger partial charge >= 0.3 is 0 Å². The molecule has 6 nitrogen and oxygen atoms in total. The van der Waals surface area contributed by atoms with Crippen molar-refractivity contribution in [2.24, 2.45) is 5.92 Å². The summed E-state index contributed by atoms with van der Waals surface area (Å²) < 4.78 is 16.2. The summed E-state index contributed by atoms with van der Waals surface area (Å²) >= 11 is 0. The molecule has 32 heavy (non-hydrogen) atoms. The van der Waals surface area contributed by atoms with Crippen LogP contribution in [0.15, 0.2) is 36.4 Å². The number of fused-ring (bicyclic) bond motifs is 1. The van der Waals surface area contributed by atoms with Crippen LogP contribution in [0.3, 0.4) is 0 Å². The van der Waals surface area contributed by atoms with Crippen LogP contribution in [0, 0.1) is 5.92 Å². The number of amides is 1. The van der Waals surface area contributed by atoms with Gasteiger partial charge in [-0.05, 0) is 72.7 Å². The topological polar surface area (TPSA) is 51.2 Å². The second-order valence-corrected chi connectivity index (χ2v) is 8.80. The van der Waals surface area contributed by atoms with E-state index in [1.165, 1.54) is 11.1 Å². The first-order chi connectivity index (χ1) is 15.6. The summed E-state index contributed by atoms with van der Waals surface area (Å²) in [5.74, 6) is 3.09. The Hall–Kier alpha value is -2.73. The molecule has 1 atom stereocenters. The molecule has 2 aliphatic rings. The Morgan fingerprint density at radius 3 is 2.50 bits per heavy atom. The Morgan fingerprint density at radius 2 is 1.75 bits per heavy atom. The first-order valence-corrected chi connectivity index (χ1v) is 11.5. The summed E-state index contributed by atoms with van der Waals surface area (Å²) in [6, 6.07) is 12.3. The molecule has 1 saturated heterocycles. The van der Waals surface area contributed by atoms with Crippen LogP contribution in [0.25, 0.3) is 0 Å². The molecule has 1 unspecified atom stereocenters. The van der Waals surface area contributed by atoms with Gasteiger partial charge in [0.1, 0.15) is 5.75 Å². The summed E-state index contributed by atoms with van der Waals surface area (Å²) in [6.45, 7) is 4.81. The fraction of sp³-hybridized carbons (Fsp3) is 0.500. The summed E-state index contributed by atoms with van der Waals surface area (Å²) in [7, 11) is 4.99. The molecular formula is C26H34N2O4. The number of hydrogen-bond donors (Lipinski definition) is 0. The zero-order valence-corrected chi connectivity index (χ0v) is 19.4. The molecule has 2 aliphatic heterocycles. The quantitative estimate of drug-likeness (QED) is 0.634. The van der Waals surface area contributed by atoms with Gasteiger partial charge in [-0.3, -0.25) is 4.79 Å². The van der Waals surface area contributed by atoms with E-state index in [2.05, 4.69) is 28.0 Å². The number of benzene rings is 2. The zero-order chi connectivity index (χ0) is 22.5. The summed E-state index contributed by atoms with van der Waals surface area (Å²) in [5.41, 5.74) is 3.55. The van der Waals surface area contributed by atoms with E-state index in [9.17, 15) is 4.79 Å².